The maximum atomic E-state index is 9.57. The highest BCUT2D eigenvalue weighted by atomic mass is 16.4. The van der Waals surface area contributed by atoms with Crippen molar-refractivity contribution in [3.63, 3.8) is 0 Å². The Morgan fingerprint density at radius 1 is 2.00 bits per heavy atom. The fraction of sp³-hybridized carbons (Fsp3) is 0.667. The first-order valence-electron chi connectivity index (χ1n) is 1.63. The summed E-state index contributed by atoms with van der Waals surface area (Å²) >= 11 is 0. The van der Waals surface area contributed by atoms with Crippen LogP contribution in [0, 0.1) is 0 Å². The fourth-order valence-electron chi connectivity index (χ4n) is 0. The van der Waals surface area contributed by atoms with Gasteiger partial charge in [0.05, 0.1) is 0 Å². The third-order valence-corrected chi connectivity index (χ3v) is 0.390. The third-order valence-electron chi connectivity index (χ3n) is 0.390. The van der Waals surface area contributed by atoms with Gasteiger partial charge < -0.3 is 10.8 Å². The number of aliphatic carboxylic acids is 1. The van der Waals surface area contributed by atoms with Gasteiger partial charge in [0.25, 0.3) is 0 Å². The Balaban J connectivity index is 3.26. The Kier molecular flexibility index (Phi) is 1.60. The molecule has 3 nitrogen and oxygen atoms in total. The molecule has 0 saturated heterocycles. The molecule has 0 heterocycles. The minimum Gasteiger partial charge on any atom is -0.480 e. The van der Waals surface area contributed by atoms with E-state index in [1.54, 1.807) is 0 Å². The zero-order valence-corrected chi connectivity index (χ0v) is 3.51. The highest BCUT2D eigenvalue weighted by Gasteiger charge is 1.99. The van der Waals surface area contributed by atoms with Crippen molar-refractivity contribution in [3.05, 3.63) is 0 Å². The molecule has 0 amide bonds. The summed E-state index contributed by atoms with van der Waals surface area (Å²) in [4.78, 5) is 9.57. The monoisotopic (exact) mass is 88.1 g/mol. The number of hydrogen-bond donors (Lipinski definition) is 2. The maximum absolute atomic E-state index is 9.57. The Morgan fingerprint density at radius 3 is 2.17 bits per heavy atom. The highest BCUT2D eigenvalue weighted by molar-refractivity contribution is 5.72. The van der Waals surface area contributed by atoms with Crippen molar-refractivity contribution in [2.75, 3.05) is 0 Å². The average molecular weight is 88.1 g/mol. The highest BCUT2D eigenvalue weighted by Crippen LogP contribution is 1.68. The molecule has 0 unspecified atom stereocenters. The van der Waals surface area contributed by atoms with Gasteiger partial charge in [0.1, 0.15) is 6.04 Å². The lowest BCUT2D eigenvalue weighted by molar-refractivity contribution is -0.138. The maximum Gasteiger partial charge on any atom is 0.320 e. The molecule has 0 aliphatic carbocycles. The predicted octanol–water partition coefficient (Wildman–Crippen LogP) is -0.582. The third kappa shape index (κ3) is 1.72. The topological polar surface area (TPSA) is 63.3 Å². The molecule has 0 fully saturated rings. The summed E-state index contributed by atoms with van der Waals surface area (Å²) < 4.78 is 0. The van der Waals surface area contributed by atoms with Crippen LogP contribution in [0.2, 0.25) is 0 Å². The standard InChI is InChI=1S/C3H7NO2/c1-2(4)3(5)6/h2H,4H2,1H3,(H,5,6)/t2-/m1/s1/i1-1. The van der Waals surface area contributed by atoms with Crippen LogP contribution in [0.3, 0.4) is 0 Å². The first-order valence-corrected chi connectivity index (χ1v) is 1.63. The van der Waals surface area contributed by atoms with Crippen LogP contribution in [-0.2, 0) is 4.79 Å². The van der Waals surface area contributed by atoms with Crippen LogP contribution in [0.5, 0.6) is 0 Å². The van der Waals surface area contributed by atoms with Crippen molar-refractivity contribution in [1.29, 1.82) is 0 Å². The average Bonchev–Trinajstić information content (AvgIpc) is 1.36. The van der Waals surface area contributed by atoms with Gasteiger partial charge in [0, 0.05) is 0 Å². The van der Waals surface area contributed by atoms with Crippen molar-refractivity contribution < 1.29 is 9.90 Å². The fourth-order valence-corrected chi connectivity index (χ4v) is 0. The lowest BCUT2D eigenvalue weighted by atomic mass is 10.1. The summed E-state index contributed by atoms with van der Waals surface area (Å²) in [6.45, 7) is 1.42. The van der Waals surface area contributed by atoms with Crippen molar-refractivity contribution in [2.24, 2.45) is 5.73 Å². The molecule has 0 aromatic heterocycles. The minimum atomic E-state index is -0.963. The van der Waals surface area contributed by atoms with E-state index in [2.05, 4.69) is 0 Å². The lowest BCUT2D eigenvalue weighted by Gasteiger charge is -1.90. The van der Waals surface area contributed by atoms with Crippen molar-refractivity contribution in [2.45, 2.75) is 13.0 Å². The largest absolute Gasteiger partial charge is 0.480 e. The van der Waals surface area contributed by atoms with E-state index in [1.165, 1.54) is 6.92 Å². The first-order chi connectivity index (χ1) is 2.64. The summed E-state index contributed by atoms with van der Waals surface area (Å²) in [7, 11) is 0. The molecule has 0 aliphatic heterocycles. The molecule has 0 aromatic rings. The SMILES string of the molecule is [11CH3][C@@H](N)C(=O)O. The van der Waals surface area contributed by atoms with Gasteiger partial charge in [0.15, 0.2) is 0 Å². The van der Waals surface area contributed by atoms with E-state index in [0.29, 0.717) is 0 Å². The van der Waals surface area contributed by atoms with E-state index in [-0.39, 0.29) is 0 Å². The van der Waals surface area contributed by atoms with Crippen LogP contribution in [0.25, 0.3) is 0 Å². The van der Waals surface area contributed by atoms with Gasteiger partial charge in [-0.05, 0) is 6.92 Å². The Morgan fingerprint density at radius 2 is 2.17 bits per heavy atom. The molecule has 0 rings (SSSR count). The first kappa shape index (κ1) is 5.43. The molecule has 3 N–H and O–H groups in total. The Hall–Kier alpha value is -0.570. The van der Waals surface area contributed by atoms with E-state index < -0.39 is 12.0 Å². The summed E-state index contributed by atoms with van der Waals surface area (Å²) in [6.07, 6.45) is 0. The zero-order valence-electron chi connectivity index (χ0n) is 3.51. The van der Waals surface area contributed by atoms with Gasteiger partial charge in [-0.2, -0.15) is 0 Å². The summed E-state index contributed by atoms with van der Waals surface area (Å²) in [5.41, 5.74) is 4.84. The van der Waals surface area contributed by atoms with Gasteiger partial charge in [0.2, 0.25) is 0 Å². The van der Waals surface area contributed by atoms with E-state index in [0.717, 1.165) is 0 Å². The molecule has 0 radical (unpaired) electrons. The molecule has 3 heteroatoms. The smallest absolute Gasteiger partial charge is 0.320 e. The Bertz CT molecular complexity index is 59.8. The van der Waals surface area contributed by atoms with Gasteiger partial charge in [-0.1, -0.05) is 0 Å². The number of carbonyl (C=O) groups is 1. The number of nitrogens with two attached hydrogens (primary N) is 1. The van der Waals surface area contributed by atoms with Crippen LogP contribution in [0.1, 0.15) is 6.92 Å². The molecule has 0 saturated carbocycles. The number of rotatable bonds is 1. The van der Waals surface area contributed by atoms with Crippen LogP contribution in [0.15, 0.2) is 0 Å². The second-order valence-electron chi connectivity index (χ2n) is 1.13. The summed E-state index contributed by atoms with van der Waals surface area (Å²) in [5, 5.41) is 7.87. The second-order valence-corrected chi connectivity index (χ2v) is 1.13. The van der Waals surface area contributed by atoms with Gasteiger partial charge in [-0.25, -0.2) is 0 Å². The van der Waals surface area contributed by atoms with E-state index in [9.17, 15) is 4.79 Å². The molecule has 36 valence electrons. The predicted molar refractivity (Wildman–Crippen MR) is 21.3 cm³/mol. The summed E-state index contributed by atoms with van der Waals surface area (Å²) in [6, 6.07) is -0.731. The molecule has 0 bridgehead atoms. The van der Waals surface area contributed by atoms with E-state index >= 15 is 0 Å². The van der Waals surface area contributed by atoms with Crippen LogP contribution in [0.4, 0.5) is 0 Å². The number of carboxylic acid groups (broad SMARTS) is 1. The van der Waals surface area contributed by atoms with Crippen LogP contribution >= 0.6 is 0 Å². The molecule has 0 aromatic carbocycles. The Labute approximate surface area is 35.8 Å². The molecule has 0 aliphatic rings. The van der Waals surface area contributed by atoms with Crippen molar-refractivity contribution in [1.82, 2.24) is 0 Å². The summed E-state index contributed by atoms with van der Waals surface area (Å²) in [5.74, 6) is -0.963. The quantitative estimate of drug-likeness (QED) is 0.450. The molecule has 0 spiro atoms. The van der Waals surface area contributed by atoms with Crippen LogP contribution < -0.4 is 5.73 Å². The molecular formula is C3H7NO2. The minimum absolute atomic E-state index is 0.731. The van der Waals surface area contributed by atoms with E-state index in [4.69, 9.17) is 10.8 Å². The molecule has 6 heavy (non-hydrogen) atoms. The molecule has 1 atom stereocenters. The normalized spacial score (nSPS) is 13.7. The van der Waals surface area contributed by atoms with Crippen LogP contribution in [-0.4, -0.2) is 17.1 Å². The number of hydrogen-bond acceptors (Lipinski definition) is 2. The zero-order chi connectivity index (χ0) is 5.15. The van der Waals surface area contributed by atoms with Crippen molar-refractivity contribution >= 4 is 5.97 Å². The molecular weight excluding hydrogens is 81.0 g/mol. The van der Waals surface area contributed by atoms with Gasteiger partial charge >= 0.3 is 5.97 Å². The lowest BCUT2D eigenvalue weighted by Crippen LogP contribution is -2.25. The van der Waals surface area contributed by atoms with Gasteiger partial charge in [-0.15, -0.1) is 0 Å². The second kappa shape index (κ2) is 1.77. The van der Waals surface area contributed by atoms with Gasteiger partial charge in [-0.3, -0.25) is 4.79 Å². The van der Waals surface area contributed by atoms with E-state index in [1.807, 2.05) is 0 Å². The van der Waals surface area contributed by atoms with Crippen molar-refractivity contribution in [3.8, 4) is 0 Å². The number of carboxylic acids is 1.